The number of carbonyl (C=O) groups is 2. The lowest BCUT2D eigenvalue weighted by molar-refractivity contribution is -0.143. The molecule has 4 nitrogen and oxygen atoms in total. The van der Waals surface area contributed by atoms with Gasteiger partial charge in [0.1, 0.15) is 0 Å². The van der Waals surface area contributed by atoms with E-state index in [1.807, 2.05) is 24.0 Å². The van der Waals surface area contributed by atoms with Crippen LogP contribution in [-0.2, 0) is 16.0 Å². The van der Waals surface area contributed by atoms with Gasteiger partial charge in [-0.1, -0.05) is 37.1 Å². The number of hydrogen-bond donors (Lipinski definition) is 0. The van der Waals surface area contributed by atoms with Crippen molar-refractivity contribution in [1.29, 1.82) is 0 Å². The SMILES string of the molecule is CCN(CC(=O)N1CCc2sccc2C1c1ccccc1C)C(=O)C1CCCC1. The Morgan fingerprint density at radius 2 is 1.90 bits per heavy atom. The summed E-state index contributed by atoms with van der Waals surface area (Å²) in [4.78, 5) is 31.5. The van der Waals surface area contributed by atoms with Crippen LogP contribution >= 0.6 is 11.3 Å². The number of rotatable bonds is 5. The average molecular weight is 411 g/mol. The second-order valence-electron chi connectivity index (χ2n) is 8.23. The molecule has 1 aliphatic heterocycles. The Balaban J connectivity index is 1.59. The van der Waals surface area contributed by atoms with E-state index >= 15 is 0 Å². The molecule has 2 aliphatic rings. The molecule has 2 aromatic rings. The third kappa shape index (κ3) is 3.97. The van der Waals surface area contributed by atoms with Crippen molar-refractivity contribution in [3.63, 3.8) is 0 Å². The van der Waals surface area contributed by atoms with Gasteiger partial charge < -0.3 is 9.80 Å². The molecule has 4 rings (SSSR count). The van der Waals surface area contributed by atoms with Crippen LogP contribution in [0, 0.1) is 12.8 Å². The molecule has 1 aliphatic carbocycles. The lowest BCUT2D eigenvalue weighted by Gasteiger charge is -2.38. The van der Waals surface area contributed by atoms with Gasteiger partial charge in [-0.05, 0) is 61.2 Å². The molecular formula is C24H30N2O2S. The maximum atomic E-state index is 13.4. The first-order valence-electron chi connectivity index (χ1n) is 10.8. The number of carbonyl (C=O) groups excluding carboxylic acids is 2. The van der Waals surface area contributed by atoms with Crippen molar-refractivity contribution < 1.29 is 9.59 Å². The highest BCUT2D eigenvalue weighted by Gasteiger charge is 2.35. The first-order valence-corrected chi connectivity index (χ1v) is 11.7. The van der Waals surface area contributed by atoms with Gasteiger partial charge in [0.2, 0.25) is 11.8 Å². The first-order chi connectivity index (χ1) is 14.1. The number of likely N-dealkylation sites (N-methyl/N-ethyl adjacent to an activating group) is 1. The highest BCUT2D eigenvalue weighted by atomic mass is 32.1. The van der Waals surface area contributed by atoms with Crippen LogP contribution in [0.15, 0.2) is 35.7 Å². The fourth-order valence-electron chi connectivity index (χ4n) is 4.84. The first kappa shape index (κ1) is 20.1. The van der Waals surface area contributed by atoms with Crippen molar-refractivity contribution in [3.8, 4) is 0 Å². The van der Waals surface area contributed by atoms with Crippen molar-refractivity contribution in [2.75, 3.05) is 19.6 Å². The number of fused-ring (bicyclic) bond motifs is 1. The third-order valence-electron chi connectivity index (χ3n) is 6.49. The quantitative estimate of drug-likeness (QED) is 0.724. The zero-order valence-corrected chi connectivity index (χ0v) is 18.2. The largest absolute Gasteiger partial charge is 0.333 e. The molecule has 1 atom stereocenters. The average Bonchev–Trinajstić information content (AvgIpc) is 3.43. The Morgan fingerprint density at radius 3 is 2.62 bits per heavy atom. The normalized spacial score (nSPS) is 19.2. The Labute approximate surface area is 177 Å². The van der Waals surface area contributed by atoms with Crippen LogP contribution in [-0.4, -0.2) is 41.2 Å². The molecule has 154 valence electrons. The summed E-state index contributed by atoms with van der Waals surface area (Å²) < 4.78 is 0. The molecule has 0 saturated heterocycles. The van der Waals surface area contributed by atoms with Gasteiger partial charge in [0.15, 0.2) is 0 Å². The minimum atomic E-state index is -0.0565. The molecule has 0 N–H and O–H groups in total. The third-order valence-corrected chi connectivity index (χ3v) is 7.49. The van der Waals surface area contributed by atoms with Crippen molar-refractivity contribution in [2.24, 2.45) is 5.92 Å². The lowest BCUT2D eigenvalue weighted by atomic mass is 9.90. The molecule has 1 fully saturated rings. The van der Waals surface area contributed by atoms with Crippen LogP contribution in [0.3, 0.4) is 0 Å². The summed E-state index contributed by atoms with van der Waals surface area (Å²) in [5.74, 6) is 0.335. The molecule has 1 aromatic heterocycles. The van der Waals surface area contributed by atoms with Gasteiger partial charge in [-0.25, -0.2) is 0 Å². The van der Waals surface area contributed by atoms with E-state index in [0.717, 1.165) is 32.1 Å². The summed E-state index contributed by atoms with van der Waals surface area (Å²) in [7, 11) is 0. The zero-order valence-electron chi connectivity index (χ0n) is 17.4. The van der Waals surface area contributed by atoms with Gasteiger partial charge in [0.05, 0.1) is 12.6 Å². The van der Waals surface area contributed by atoms with E-state index in [4.69, 9.17) is 0 Å². The van der Waals surface area contributed by atoms with Crippen LogP contribution in [0.2, 0.25) is 0 Å². The second-order valence-corrected chi connectivity index (χ2v) is 9.23. The molecular weight excluding hydrogens is 380 g/mol. The smallest absolute Gasteiger partial charge is 0.242 e. The predicted molar refractivity (Wildman–Crippen MR) is 117 cm³/mol. The molecule has 1 aromatic carbocycles. The van der Waals surface area contributed by atoms with E-state index in [-0.39, 0.29) is 30.3 Å². The maximum absolute atomic E-state index is 13.4. The molecule has 0 radical (unpaired) electrons. The van der Waals surface area contributed by atoms with Gasteiger partial charge in [0.25, 0.3) is 0 Å². The summed E-state index contributed by atoms with van der Waals surface area (Å²) in [5.41, 5.74) is 3.63. The topological polar surface area (TPSA) is 40.6 Å². The van der Waals surface area contributed by atoms with E-state index in [1.165, 1.54) is 21.6 Å². The van der Waals surface area contributed by atoms with Crippen LogP contribution in [0.25, 0.3) is 0 Å². The van der Waals surface area contributed by atoms with Crippen LogP contribution in [0.1, 0.15) is 60.2 Å². The van der Waals surface area contributed by atoms with Crippen molar-refractivity contribution in [2.45, 2.75) is 52.0 Å². The predicted octanol–water partition coefficient (Wildman–Crippen LogP) is 4.57. The minimum Gasteiger partial charge on any atom is -0.333 e. The van der Waals surface area contributed by atoms with Gasteiger partial charge >= 0.3 is 0 Å². The molecule has 29 heavy (non-hydrogen) atoms. The summed E-state index contributed by atoms with van der Waals surface area (Å²) in [6.07, 6.45) is 5.09. The number of nitrogens with zero attached hydrogens (tertiary/aromatic N) is 2. The van der Waals surface area contributed by atoms with Gasteiger partial charge in [-0.2, -0.15) is 0 Å². The fourth-order valence-corrected chi connectivity index (χ4v) is 5.75. The number of thiophene rings is 1. The minimum absolute atomic E-state index is 0.0565. The standard InChI is InChI=1S/C24H30N2O2S/c1-3-25(24(28)18-9-5-6-10-18)16-22(27)26-14-12-21-20(13-15-29-21)23(26)19-11-7-4-8-17(19)2/h4,7-8,11,13,15,18,23H,3,5-6,9-10,12,14,16H2,1-2H3. The van der Waals surface area contributed by atoms with E-state index in [2.05, 4.69) is 30.5 Å². The molecule has 1 saturated carbocycles. The van der Waals surface area contributed by atoms with E-state index in [9.17, 15) is 9.59 Å². The fraction of sp³-hybridized carbons (Fsp3) is 0.500. The van der Waals surface area contributed by atoms with Crippen LogP contribution in [0.5, 0.6) is 0 Å². The lowest BCUT2D eigenvalue weighted by Crippen LogP contribution is -2.47. The molecule has 2 amide bonds. The molecule has 2 heterocycles. The van der Waals surface area contributed by atoms with E-state index in [0.29, 0.717) is 13.1 Å². The molecule has 0 spiro atoms. The number of benzene rings is 1. The Bertz CT molecular complexity index is 885. The van der Waals surface area contributed by atoms with E-state index in [1.54, 1.807) is 16.2 Å². The van der Waals surface area contributed by atoms with Gasteiger partial charge in [-0.15, -0.1) is 11.3 Å². The summed E-state index contributed by atoms with van der Waals surface area (Å²) >= 11 is 1.78. The highest BCUT2D eigenvalue weighted by Crippen LogP contribution is 2.39. The highest BCUT2D eigenvalue weighted by molar-refractivity contribution is 7.10. The second kappa shape index (κ2) is 8.70. The van der Waals surface area contributed by atoms with Crippen LogP contribution < -0.4 is 0 Å². The van der Waals surface area contributed by atoms with E-state index < -0.39 is 0 Å². The summed E-state index contributed by atoms with van der Waals surface area (Å²) in [6, 6.07) is 10.4. The van der Waals surface area contributed by atoms with Crippen molar-refractivity contribution >= 4 is 23.2 Å². The monoisotopic (exact) mass is 410 g/mol. The number of aryl methyl sites for hydroxylation is 1. The molecule has 5 heteroatoms. The summed E-state index contributed by atoms with van der Waals surface area (Å²) in [5, 5.41) is 2.13. The number of hydrogen-bond acceptors (Lipinski definition) is 3. The maximum Gasteiger partial charge on any atom is 0.242 e. The van der Waals surface area contributed by atoms with Gasteiger partial charge in [-0.3, -0.25) is 9.59 Å². The number of amides is 2. The van der Waals surface area contributed by atoms with Gasteiger partial charge in [0, 0.05) is 23.9 Å². The van der Waals surface area contributed by atoms with Crippen molar-refractivity contribution in [3.05, 3.63) is 57.3 Å². The summed E-state index contributed by atoms with van der Waals surface area (Å²) in [6.45, 7) is 5.58. The molecule has 1 unspecified atom stereocenters. The zero-order chi connectivity index (χ0) is 20.4. The Kier molecular flexibility index (Phi) is 6.04. The Morgan fingerprint density at radius 1 is 1.14 bits per heavy atom. The Hall–Kier alpha value is -2.14. The molecule has 0 bridgehead atoms. The van der Waals surface area contributed by atoms with Crippen LogP contribution in [0.4, 0.5) is 0 Å². The van der Waals surface area contributed by atoms with Crippen molar-refractivity contribution in [1.82, 2.24) is 9.80 Å².